The van der Waals surface area contributed by atoms with Gasteiger partial charge in [0.2, 0.25) is 5.91 Å². The number of hydrogen-bond donors (Lipinski definition) is 1. The first-order valence-electron chi connectivity index (χ1n) is 10.1. The Kier molecular flexibility index (Phi) is 7.43. The second kappa shape index (κ2) is 10.1. The Morgan fingerprint density at radius 2 is 1.56 bits per heavy atom. The SMILES string of the molecule is CCOc1ccc(N(CC(=O)Nc2c(C)cccc2C)S(=O)(=O)c2ccc(Cl)cc2)cc1. The van der Waals surface area contributed by atoms with E-state index in [9.17, 15) is 13.2 Å². The molecule has 8 heteroatoms. The number of rotatable bonds is 8. The molecule has 0 heterocycles. The Labute approximate surface area is 193 Å². The fourth-order valence-electron chi connectivity index (χ4n) is 3.25. The van der Waals surface area contributed by atoms with Gasteiger partial charge < -0.3 is 10.1 Å². The fourth-order valence-corrected chi connectivity index (χ4v) is 4.79. The molecule has 3 aromatic rings. The molecular formula is C24H25ClN2O4S. The highest BCUT2D eigenvalue weighted by molar-refractivity contribution is 7.92. The van der Waals surface area contributed by atoms with Crippen LogP contribution in [0, 0.1) is 13.8 Å². The molecule has 0 saturated carbocycles. The van der Waals surface area contributed by atoms with Crippen LogP contribution < -0.4 is 14.4 Å². The molecule has 32 heavy (non-hydrogen) atoms. The van der Waals surface area contributed by atoms with Crippen molar-refractivity contribution in [3.05, 3.63) is 82.9 Å². The number of ether oxygens (including phenoxy) is 1. The Bertz CT molecular complexity index is 1170. The van der Waals surface area contributed by atoms with Gasteiger partial charge in [0, 0.05) is 10.7 Å². The molecule has 0 radical (unpaired) electrons. The van der Waals surface area contributed by atoms with Crippen molar-refractivity contribution in [1.29, 1.82) is 0 Å². The average molecular weight is 473 g/mol. The fraction of sp³-hybridized carbons (Fsp3) is 0.208. The quantitative estimate of drug-likeness (QED) is 0.489. The molecule has 0 bridgehead atoms. The molecule has 1 N–H and O–H groups in total. The van der Waals surface area contributed by atoms with Crippen LogP contribution in [0.1, 0.15) is 18.1 Å². The number of nitrogens with one attached hydrogen (secondary N) is 1. The van der Waals surface area contributed by atoms with E-state index in [0.29, 0.717) is 28.8 Å². The van der Waals surface area contributed by atoms with E-state index in [1.165, 1.54) is 24.3 Å². The van der Waals surface area contributed by atoms with Gasteiger partial charge in [-0.2, -0.15) is 0 Å². The number of amides is 1. The van der Waals surface area contributed by atoms with Crippen molar-refractivity contribution in [2.24, 2.45) is 0 Å². The van der Waals surface area contributed by atoms with E-state index in [1.807, 2.05) is 39.0 Å². The van der Waals surface area contributed by atoms with Crippen molar-refractivity contribution in [2.75, 3.05) is 22.8 Å². The molecule has 0 saturated heterocycles. The van der Waals surface area contributed by atoms with Gasteiger partial charge >= 0.3 is 0 Å². The van der Waals surface area contributed by atoms with E-state index < -0.39 is 22.5 Å². The molecular weight excluding hydrogens is 448 g/mol. The zero-order valence-corrected chi connectivity index (χ0v) is 19.7. The van der Waals surface area contributed by atoms with E-state index in [4.69, 9.17) is 16.3 Å². The van der Waals surface area contributed by atoms with Crippen molar-refractivity contribution in [3.63, 3.8) is 0 Å². The highest BCUT2D eigenvalue weighted by Gasteiger charge is 2.27. The summed E-state index contributed by atoms with van der Waals surface area (Å²) in [6.45, 7) is 5.73. The van der Waals surface area contributed by atoms with Gasteiger partial charge in [-0.3, -0.25) is 9.10 Å². The molecule has 0 aliphatic carbocycles. The average Bonchev–Trinajstić information content (AvgIpc) is 2.76. The summed E-state index contributed by atoms with van der Waals surface area (Å²) in [5.74, 6) is 0.161. The predicted molar refractivity (Wildman–Crippen MR) is 128 cm³/mol. The number of anilines is 2. The lowest BCUT2D eigenvalue weighted by Crippen LogP contribution is -2.38. The van der Waals surface area contributed by atoms with E-state index >= 15 is 0 Å². The maximum Gasteiger partial charge on any atom is 0.264 e. The van der Waals surface area contributed by atoms with Crippen LogP contribution in [0.15, 0.2) is 71.6 Å². The summed E-state index contributed by atoms with van der Waals surface area (Å²) in [6, 6.07) is 18.1. The number of hydrogen-bond acceptors (Lipinski definition) is 4. The number of para-hydroxylation sites is 1. The molecule has 0 aliphatic rings. The third-order valence-electron chi connectivity index (χ3n) is 4.87. The molecule has 3 rings (SSSR count). The number of halogens is 1. The second-order valence-electron chi connectivity index (χ2n) is 7.21. The van der Waals surface area contributed by atoms with Gasteiger partial charge in [-0.25, -0.2) is 8.42 Å². The van der Waals surface area contributed by atoms with Crippen molar-refractivity contribution < 1.29 is 17.9 Å². The summed E-state index contributed by atoms with van der Waals surface area (Å²) in [4.78, 5) is 13.0. The van der Waals surface area contributed by atoms with E-state index in [2.05, 4.69) is 5.32 Å². The highest BCUT2D eigenvalue weighted by atomic mass is 35.5. The number of carbonyl (C=O) groups is 1. The zero-order valence-electron chi connectivity index (χ0n) is 18.1. The third kappa shape index (κ3) is 5.41. The van der Waals surface area contributed by atoms with Gasteiger partial charge in [-0.05, 0) is 80.4 Å². The Morgan fingerprint density at radius 3 is 2.12 bits per heavy atom. The third-order valence-corrected chi connectivity index (χ3v) is 6.91. The first-order valence-corrected chi connectivity index (χ1v) is 11.9. The Balaban J connectivity index is 1.96. The van der Waals surface area contributed by atoms with Crippen LogP contribution >= 0.6 is 11.6 Å². The standard InChI is InChI=1S/C24H25ClN2O4S/c1-4-31-21-12-10-20(11-13-21)27(32(29,30)22-14-8-19(25)9-15-22)16-23(28)26-24-17(2)6-5-7-18(24)3/h5-15H,4,16H2,1-3H3,(H,26,28). The number of benzene rings is 3. The zero-order chi connectivity index (χ0) is 23.3. The summed E-state index contributed by atoms with van der Waals surface area (Å²) in [5, 5.41) is 3.27. The van der Waals surface area contributed by atoms with Crippen LogP contribution in [0.4, 0.5) is 11.4 Å². The van der Waals surface area contributed by atoms with Crippen molar-refractivity contribution in [3.8, 4) is 5.75 Å². The highest BCUT2D eigenvalue weighted by Crippen LogP contribution is 2.27. The largest absolute Gasteiger partial charge is 0.494 e. The first kappa shape index (κ1) is 23.6. The van der Waals surface area contributed by atoms with Gasteiger partial charge in [0.15, 0.2) is 0 Å². The first-order chi connectivity index (χ1) is 15.2. The summed E-state index contributed by atoms with van der Waals surface area (Å²) >= 11 is 5.92. The topological polar surface area (TPSA) is 75.7 Å². The predicted octanol–water partition coefficient (Wildman–Crippen LogP) is 5.19. The van der Waals surface area contributed by atoms with Crippen LogP contribution in [0.2, 0.25) is 5.02 Å². The van der Waals surface area contributed by atoms with E-state index in [1.54, 1.807) is 24.3 Å². The minimum absolute atomic E-state index is 0.0376. The molecule has 1 amide bonds. The van der Waals surface area contributed by atoms with E-state index in [-0.39, 0.29) is 4.90 Å². The van der Waals surface area contributed by atoms with Gasteiger partial charge in [0.1, 0.15) is 12.3 Å². The maximum absolute atomic E-state index is 13.4. The summed E-state index contributed by atoms with van der Waals surface area (Å²) < 4.78 is 33.4. The molecule has 168 valence electrons. The molecule has 0 aliphatic heterocycles. The Morgan fingerprint density at radius 1 is 0.969 bits per heavy atom. The molecule has 3 aromatic carbocycles. The van der Waals surface area contributed by atoms with Crippen LogP contribution in [-0.4, -0.2) is 27.5 Å². The van der Waals surface area contributed by atoms with Gasteiger partial charge in [-0.1, -0.05) is 29.8 Å². The molecule has 0 fully saturated rings. The number of aryl methyl sites for hydroxylation is 2. The molecule has 0 spiro atoms. The van der Waals surface area contributed by atoms with Crippen LogP contribution in [0.5, 0.6) is 5.75 Å². The minimum atomic E-state index is -4.03. The molecule has 0 atom stereocenters. The monoisotopic (exact) mass is 472 g/mol. The summed E-state index contributed by atoms with van der Waals surface area (Å²) in [5.41, 5.74) is 2.81. The summed E-state index contributed by atoms with van der Waals surface area (Å²) in [7, 11) is -4.03. The molecule has 0 unspecified atom stereocenters. The molecule has 0 aromatic heterocycles. The van der Waals surface area contributed by atoms with Crippen molar-refractivity contribution >= 4 is 38.9 Å². The lowest BCUT2D eigenvalue weighted by atomic mass is 10.1. The molecule has 6 nitrogen and oxygen atoms in total. The smallest absolute Gasteiger partial charge is 0.264 e. The number of sulfonamides is 1. The van der Waals surface area contributed by atoms with Gasteiger partial charge in [-0.15, -0.1) is 0 Å². The lowest BCUT2D eigenvalue weighted by Gasteiger charge is -2.25. The summed E-state index contributed by atoms with van der Waals surface area (Å²) in [6.07, 6.45) is 0. The van der Waals surface area contributed by atoms with Crippen molar-refractivity contribution in [1.82, 2.24) is 0 Å². The Hall–Kier alpha value is -3.03. The minimum Gasteiger partial charge on any atom is -0.494 e. The van der Waals surface area contributed by atoms with Crippen LogP contribution in [0.3, 0.4) is 0 Å². The van der Waals surface area contributed by atoms with Gasteiger partial charge in [0.25, 0.3) is 10.0 Å². The number of carbonyl (C=O) groups excluding carboxylic acids is 1. The second-order valence-corrected chi connectivity index (χ2v) is 9.51. The van der Waals surface area contributed by atoms with E-state index in [0.717, 1.165) is 15.4 Å². The van der Waals surface area contributed by atoms with Crippen LogP contribution in [-0.2, 0) is 14.8 Å². The normalized spacial score (nSPS) is 11.1. The van der Waals surface area contributed by atoms with Gasteiger partial charge in [0.05, 0.1) is 17.2 Å². The lowest BCUT2D eigenvalue weighted by molar-refractivity contribution is -0.114. The van der Waals surface area contributed by atoms with Crippen LogP contribution in [0.25, 0.3) is 0 Å². The number of nitrogens with zero attached hydrogens (tertiary/aromatic N) is 1. The van der Waals surface area contributed by atoms with Crippen molar-refractivity contribution in [2.45, 2.75) is 25.7 Å². The maximum atomic E-state index is 13.4.